The average molecular weight is 778 g/mol. The van der Waals surface area contributed by atoms with E-state index in [0.29, 0.717) is 13.2 Å². The van der Waals surface area contributed by atoms with Gasteiger partial charge in [-0.25, -0.2) is 4.79 Å². The maximum absolute atomic E-state index is 13.4. The molecule has 0 radical (unpaired) electrons. The summed E-state index contributed by atoms with van der Waals surface area (Å²) in [6, 6.07) is 38.9. The van der Waals surface area contributed by atoms with Gasteiger partial charge >= 0.3 is 6.09 Å². The van der Waals surface area contributed by atoms with Crippen molar-refractivity contribution in [3.05, 3.63) is 144 Å². The molecule has 0 bridgehead atoms. The molecule has 10 nitrogen and oxygen atoms in total. The third-order valence-electron chi connectivity index (χ3n) is 9.73. The van der Waals surface area contributed by atoms with E-state index in [-0.39, 0.29) is 26.4 Å². The van der Waals surface area contributed by atoms with Crippen molar-refractivity contribution in [1.82, 2.24) is 4.90 Å². The molecular formula is C47H55NO9. The number of nitrogens with zero attached hydrogens (tertiary/aromatic N) is 1. The molecule has 1 amide bonds. The van der Waals surface area contributed by atoms with Crippen LogP contribution in [0.1, 0.15) is 56.9 Å². The highest BCUT2D eigenvalue weighted by molar-refractivity contribution is 5.70. The summed E-state index contributed by atoms with van der Waals surface area (Å²) in [6.07, 6.45) is -5.52. The summed E-state index contributed by atoms with van der Waals surface area (Å²) in [5.41, 5.74) is 2.17. The van der Waals surface area contributed by atoms with Gasteiger partial charge in [0, 0.05) is 0 Å². The van der Waals surface area contributed by atoms with Crippen LogP contribution < -0.4 is 0 Å². The zero-order valence-corrected chi connectivity index (χ0v) is 33.5. The third kappa shape index (κ3) is 12.0. The van der Waals surface area contributed by atoms with Crippen molar-refractivity contribution >= 4 is 6.09 Å². The molecule has 0 saturated carbocycles. The normalized spacial score (nSPS) is 23.6. The van der Waals surface area contributed by atoms with Crippen LogP contribution in [0.15, 0.2) is 121 Å². The number of hydrogen-bond donors (Lipinski definition) is 1. The predicted octanol–water partition coefficient (Wildman–Crippen LogP) is 7.46. The van der Waals surface area contributed by atoms with Crippen LogP contribution in [-0.4, -0.2) is 83.3 Å². The van der Waals surface area contributed by atoms with E-state index < -0.39 is 60.1 Å². The number of rotatable bonds is 14. The van der Waals surface area contributed by atoms with Gasteiger partial charge in [-0.3, -0.25) is 4.90 Å². The van der Waals surface area contributed by atoms with E-state index in [2.05, 4.69) is 11.8 Å². The summed E-state index contributed by atoms with van der Waals surface area (Å²) in [5, 5.41) is 11.7. The molecule has 2 aliphatic rings. The van der Waals surface area contributed by atoms with E-state index in [4.69, 9.17) is 33.2 Å². The Morgan fingerprint density at radius 3 is 1.68 bits per heavy atom. The molecule has 1 N–H and O–H groups in total. The van der Waals surface area contributed by atoms with Crippen LogP contribution in [-0.2, 0) is 59.6 Å². The molecule has 57 heavy (non-hydrogen) atoms. The second kappa shape index (κ2) is 19.7. The lowest BCUT2D eigenvalue weighted by atomic mass is 9.93. The highest BCUT2D eigenvalue weighted by atomic mass is 16.6. The molecule has 0 spiro atoms. The monoisotopic (exact) mass is 777 g/mol. The van der Waals surface area contributed by atoms with Crippen LogP contribution in [0.2, 0.25) is 0 Å². The Kier molecular flexibility index (Phi) is 14.6. The molecule has 6 rings (SSSR count). The van der Waals surface area contributed by atoms with Gasteiger partial charge in [-0.2, -0.15) is 0 Å². The molecule has 2 saturated heterocycles. The molecule has 2 aliphatic heterocycles. The van der Waals surface area contributed by atoms with Gasteiger partial charge in [0.15, 0.2) is 0 Å². The highest BCUT2D eigenvalue weighted by Crippen LogP contribution is 2.33. The first kappa shape index (κ1) is 42.0. The minimum absolute atomic E-state index is 0.0652. The van der Waals surface area contributed by atoms with Crippen molar-refractivity contribution in [2.45, 2.75) is 115 Å². The van der Waals surface area contributed by atoms with Gasteiger partial charge in [-0.15, -0.1) is 0 Å². The summed E-state index contributed by atoms with van der Waals surface area (Å²) in [5.74, 6) is 6.22. The second-order valence-electron chi connectivity index (χ2n) is 15.8. The zero-order chi connectivity index (χ0) is 40.3. The van der Waals surface area contributed by atoms with Crippen molar-refractivity contribution in [3.63, 3.8) is 0 Å². The number of aliphatic hydroxyl groups excluding tert-OH is 1. The van der Waals surface area contributed by atoms with Crippen LogP contribution in [0.3, 0.4) is 0 Å². The Bertz CT molecular complexity index is 1880. The fourth-order valence-corrected chi connectivity index (χ4v) is 6.90. The van der Waals surface area contributed by atoms with Gasteiger partial charge in [0.2, 0.25) is 0 Å². The lowest BCUT2D eigenvalue weighted by molar-refractivity contribution is -0.261. The van der Waals surface area contributed by atoms with Crippen molar-refractivity contribution < 1.29 is 43.1 Å². The zero-order valence-electron chi connectivity index (χ0n) is 33.5. The summed E-state index contributed by atoms with van der Waals surface area (Å²) < 4.78 is 45.1. The van der Waals surface area contributed by atoms with Crippen LogP contribution in [0.4, 0.5) is 4.79 Å². The van der Waals surface area contributed by atoms with E-state index in [1.165, 1.54) is 4.90 Å². The number of amides is 1. The smallest absolute Gasteiger partial charge is 0.413 e. The first-order valence-electron chi connectivity index (χ1n) is 19.6. The number of carbonyl (C=O) groups is 1. The molecule has 302 valence electrons. The maximum atomic E-state index is 13.4. The minimum atomic E-state index is -1.30. The fourth-order valence-electron chi connectivity index (χ4n) is 6.90. The van der Waals surface area contributed by atoms with E-state index in [0.717, 1.165) is 22.3 Å². The van der Waals surface area contributed by atoms with Gasteiger partial charge in [-0.1, -0.05) is 133 Å². The first-order valence-corrected chi connectivity index (χ1v) is 19.6. The summed E-state index contributed by atoms with van der Waals surface area (Å²) in [7, 11) is 0. The Morgan fingerprint density at radius 2 is 1.19 bits per heavy atom. The van der Waals surface area contributed by atoms with Crippen LogP contribution in [0.5, 0.6) is 0 Å². The molecule has 4 aromatic rings. The number of ether oxygens (including phenoxy) is 7. The van der Waals surface area contributed by atoms with E-state index in [9.17, 15) is 9.90 Å². The minimum Gasteiger partial charge on any atom is -0.444 e. The topological polar surface area (TPSA) is 105 Å². The van der Waals surface area contributed by atoms with Gasteiger partial charge in [0.05, 0.1) is 45.7 Å². The molecule has 0 aromatic heterocycles. The van der Waals surface area contributed by atoms with E-state index >= 15 is 0 Å². The first-order chi connectivity index (χ1) is 27.5. The standard InChI is InChI=1S/C47H55NO9/c1-46(2,3)57-45(50)48-38(32-55-47(48,4)5)39(49)26-27-40-42(52-29-35-20-12-7-13-21-35)44(54-31-37-24-16-9-17-25-37)43(53-30-36-22-14-8-15-23-36)41(56-40)33-51-28-34-18-10-6-11-19-34/h6-25,38-44,49H,28-33H2,1-5H3/t38-,39?,40-,41-,42+,43-,44-/m1/s1. The molecular weight excluding hydrogens is 723 g/mol. The van der Waals surface area contributed by atoms with Crippen molar-refractivity contribution in [3.8, 4) is 11.8 Å². The highest BCUT2D eigenvalue weighted by Gasteiger charge is 2.50. The summed E-state index contributed by atoms with van der Waals surface area (Å²) in [4.78, 5) is 14.8. The molecule has 7 atom stereocenters. The number of carbonyl (C=O) groups excluding carboxylic acids is 1. The van der Waals surface area contributed by atoms with Crippen LogP contribution in [0, 0.1) is 11.8 Å². The molecule has 10 heteroatoms. The van der Waals surface area contributed by atoms with Crippen molar-refractivity contribution in [2.24, 2.45) is 0 Å². The van der Waals surface area contributed by atoms with Crippen molar-refractivity contribution in [1.29, 1.82) is 0 Å². The van der Waals surface area contributed by atoms with Gasteiger partial charge < -0.3 is 38.3 Å². The largest absolute Gasteiger partial charge is 0.444 e. The number of hydrogen-bond acceptors (Lipinski definition) is 9. The van der Waals surface area contributed by atoms with Crippen molar-refractivity contribution in [2.75, 3.05) is 13.2 Å². The lowest BCUT2D eigenvalue weighted by Gasteiger charge is -2.45. The fraction of sp³-hybridized carbons (Fsp3) is 0.426. The quantitative estimate of drug-likeness (QED) is 0.131. The maximum Gasteiger partial charge on any atom is 0.413 e. The second-order valence-corrected chi connectivity index (χ2v) is 15.8. The predicted molar refractivity (Wildman–Crippen MR) is 215 cm³/mol. The Labute approximate surface area is 336 Å². The van der Waals surface area contributed by atoms with Gasteiger partial charge in [-0.05, 0) is 56.9 Å². The molecule has 1 unspecified atom stereocenters. The SMILES string of the molecule is CC(C)(C)OC(=O)N1[C@@H](C(O)C#C[C@H]2O[C@H](COCc3ccccc3)[C@@H](OCc3ccccc3)[C@H](OCc3ccccc3)[C@H]2OCc2ccccc2)COC1(C)C. The molecule has 2 heterocycles. The Morgan fingerprint density at radius 1 is 0.737 bits per heavy atom. The Balaban J connectivity index is 1.34. The molecule has 0 aliphatic carbocycles. The lowest BCUT2D eigenvalue weighted by Crippen LogP contribution is -2.61. The summed E-state index contributed by atoms with van der Waals surface area (Å²) >= 11 is 0. The molecule has 2 fully saturated rings. The number of benzene rings is 4. The Hall–Kier alpha value is -4.57. The van der Waals surface area contributed by atoms with E-state index in [1.54, 1.807) is 34.6 Å². The third-order valence-corrected chi connectivity index (χ3v) is 9.73. The summed E-state index contributed by atoms with van der Waals surface area (Å²) in [6.45, 7) is 10.3. The number of aliphatic hydroxyl groups is 1. The van der Waals surface area contributed by atoms with Gasteiger partial charge in [0.25, 0.3) is 0 Å². The van der Waals surface area contributed by atoms with Crippen LogP contribution >= 0.6 is 0 Å². The van der Waals surface area contributed by atoms with E-state index in [1.807, 2.05) is 121 Å². The average Bonchev–Trinajstić information content (AvgIpc) is 3.53. The molecule has 4 aromatic carbocycles. The van der Waals surface area contributed by atoms with Crippen LogP contribution in [0.25, 0.3) is 0 Å². The van der Waals surface area contributed by atoms with Gasteiger partial charge in [0.1, 0.15) is 47.9 Å².